The Labute approximate surface area is 120 Å². The Hall–Kier alpha value is -1.88. The summed E-state index contributed by atoms with van der Waals surface area (Å²) in [5, 5.41) is 10.7. The normalized spacial score (nSPS) is 17.8. The molecule has 7 heteroatoms. The van der Waals surface area contributed by atoms with Crippen LogP contribution in [-0.2, 0) is 10.0 Å². The maximum Gasteiger partial charge on any atom is 0.273 e. The summed E-state index contributed by atoms with van der Waals surface area (Å²) in [6.45, 7) is 0.199. The molecule has 102 valence electrons. The third-order valence-electron chi connectivity index (χ3n) is 3.23. The number of benzene rings is 1. The Kier molecular flexibility index (Phi) is 3.01. The lowest BCUT2D eigenvalue weighted by molar-refractivity contribution is 0.592. The summed E-state index contributed by atoms with van der Waals surface area (Å²) in [5.74, 6) is 0. The standard InChI is InChI=1S/C13H11N3O2S2/c14-7-9-3-4-10-11(15)8-16(12(10)6-9)20(17,18)13-2-1-5-19-13/h1-6,11H,8,15H2/t11-/m0/s1. The molecule has 0 saturated carbocycles. The van der Waals surface area contributed by atoms with Crippen molar-refractivity contribution < 1.29 is 8.42 Å². The van der Waals surface area contributed by atoms with Gasteiger partial charge in [-0.1, -0.05) is 12.1 Å². The molecule has 0 radical (unpaired) electrons. The number of nitriles is 1. The van der Waals surface area contributed by atoms with E-state index >= 15 is 0 Å². The Bertz CT molecular complexity index is 792. The summed E-state index contributed by atoms with van der Waals surface area (Å²) in [5.41, 5.74) is 7.67. The van der Waals surface area contributed by atoms with Crippen molar-refractivity contribution in [2.75, 3.05) is 10.8 Å². The van der Waals surface area contributed by atoms with Gasteiger partial charge in [0.05, 0.1) is 29.9 Å². The average molecular weight is 305 g/mol. The van der Waals surface area contributed by atoms with Gasteiger partial charge in [-0.15, -0.1) is 11.3 Å². The Morgan fingerprint density at radius 3 is 2.85 bits per heavy atom. The van der Waals surface area contributed by atoms with Crippen LogP contribution in [0.4, 0.5) is 5.69 Å². The number of nitrogens with zero attached hydrogens (tertiary/aromatic N) is 2. The van der Waals surface area contributed by atoms with Crippen LogP contribution in [0.3, 0.4) is 0 Å². The van der Waals surface area contributed by atoms with E-state index in [2.05, 4.69) is 0 Å². The lowest BCUT2D eigenvalue weighted by Gasteiger charge is -2.18. The summed E-state index contributed by atoms with van der Waals surface area (Å²) in [6.07, 6.45) is 0. The molecule has 0 saturated heterocycles. The first kappa shape index (κ1) is 13.1. The minimum Gasteiger partial charge on any atom is -0.322 e. The van der Waals surface area contributed by atoms with E-state index in [1.54, 1.807) is 35.7 Å². The zero-order valence-electron chi connectivity index (χ0n) is 10.4. The molecule has 0 aliphatic carbocycles. The van der Waals surface area contributed by atoms with Crippen LogP contribution in [0.1, 0.15) is 17.2 Å². The number of nitrogens with two attached hydrogens (primary N) is 1. The largest absolute Gasteiger partial charge is 0.322 e. The fraction of sp³-hybridized carbons (Fsp3) is 0.154. The topological polar surface area (TPSA) is 87.2 Å². The predicted molar refractivity (Wildman–Crippen MR) is 76.9 cm³/mol. The van der Waals surface area contributed by atoms with Crippen LogP contribution in [0.5, 0.6) is 0 Å². The van der Waals surface area contributed by atoms with Crippen LogP contribution in [0.25, 0.3) is 0 Å². The lowest BCUT2D eigenvalue weighted by Crippen LogP contribution is -2.30. The van der Waals surface area contributed by atoms with E-state index in [-0.39, 0.29) is 16.8 Å². The number of fused-ring (bicyclic) bond motifs is 1. The van der Waals surface area contributed by atoms with Gasteiger partial charge in [-0.2, -0.15) is 5.26 Å². The Morgan fingerprint density at radius 2 is 2.20 bits per heavy atom. The second kappa shape index (κ2) is 4.59. The van der Waals surface area contributed by atoms with E-state index < -0.39 is 10.0 Å². The monoisotopic (exact) mass is 305 g/mol. The van der Waals surface area contributed by atoms with E-state index in [1.807, 2.05) is 6.07 Å². The molecule has 5 nitrogen and oxygen atoms in total. The molecule has 1 aliphatic heterocycles. The fourth-order valence-electron chi connectivity index (χ4n) is 2.26. The number of rotatable bonds is 2. The van der Waals surface area contributed by atoms with Gasteiger partial charge in [0.15, 0.2) is 0 Å². The molecule has 2 heterocycles. The molecule has 1 aromatic carbocycles. The maximum absolute atomic E-state index is 12.6. The van der Waals surface area contributed by atoms with Crippen molar-refractivity contribution in [2.45, 2.75) is 10.3 Å². The van der Waals surface area contributed by atoms with Crippen LogP contribution < -0.4 is 10.0 Å². The van der Waals surface area contributed by atoms with E-state index in [1.165, 1.54) is 15.6 Å². The molecule has 1 aromatic heterocycles. The molecule has 0 amide bonds. The van der Waals surface area contributed by atoms with Gasteiger partial charge in [-0.3, -0.25) is 4.31 Å². The molecular weight excluding hydrogens is 294 g/mol. The van der Waals surface area contributed by atoms with E-state index in [4.69, 9.17) is 11.0 Å². The molecule has 2 aromatic rings. The van der Waals surface area contributed by atoms with Gasteiger partial charge >= 0.3 is 0 Å². The highest BCUT2D eigenvalue weighted by atomic mass is 32.2. The Morgan fingerprint density at radius 1 is 1.40 bits per heavy atom. The molecule has 0 unspecified atom stereocenters. The second-order valence-electron chi connectivity index (χ2n) is 4.46. The van der Waals surface area contributed by atoms with Crippen LogP contribution in [0.15, 0.2) is 39.9 Å². The van der Waals surface area contributed by atoms with Gasteiger partial charge < -0.3 is 5.73 Å². The SMILES string of the molecule is N#Cc1ccc2c(c1)N(S(=O)(=O)c1cccs1)C[C@@H]2N. The number of hydrogen-bond donors (Lipinski definition) is 1. The molecule has 1 aliphatic rings. The third kappa shape index (κ3) is 1.89. The predicted octanol–water partition coefficient (Wildman–Crippen LogP) is 1.83. The van der Waals surface area contributed by atoms with Crippen molar-refractivity contribution in [1.29, 1.82) is 5.26 Å². The van der Waals surface area contributed by atoms with Crippen LogP contribution >= 0.6 is 11.3 Å². The summed E-state index contributed by atoms with van der Waals surface area (Å²) >= 11 is 1.17. The number of hydrogen-bond acceptors (Lipinski definition) is 5. The highest BCUT2D eigenvalue weighted by molar-refractivity contribution is 7.94. The molecule has 0 fully saturated rings. The molecule has 0 spiro atoms. The molecule has 0 bridgehead atoms. The van der Waals surface area contributed by atoms with Gasteiger partial charge in [0, 0.05) is 0 Å². The van der Waals surface area contributed by atoms with Crippen LogP contribution in [0, 0.1) is 11.3 Å². The van der Waals surface area contributed by atoms with Gasteiger partial charge in [0.25, 0.3) is 10.0 Å². The zero-order valence-corrected chi connectivity index (χ0v) is 12.0. The highest BCUT2D eigenvalue weighted by Crippen LogP contribution is 2.38. The van der Waals surface area contributed by atoms with Crippen LogP contribution in [0.2, 0.25) is 0 Å². The summed E-state index contributed by atoms with van der Waals surface area (Å²) < 4.78 is 26.8. The highest BCUT2D eigenvalue weighted by Gasteiger charge is 2.35. The summed E-state index contributed by atoms with van der Waals surface area (Å²) in [4.78, 5) is 0. The number of thiophene rings is 1. The van der Waals surface area contributed by atoms with Crippen molar-refractivity contribution in [1.82, 2.24) is 0 Å². The number of sulfonamides is 1. The van der Waals surface area contributed by atoms with Crippen molar-refractivity contribution in [3.63, 3.8) is 0 Å². The van der Waals surface area contributed by atoms with Gasteiger partial charge in [0.2, 0.25) is 0 Å². The third-order valence-corrected chi connectivity index (χ3v) is 6.38. The fourth-order valence-corrected chi connectivity index (χ4v) is 4.88. The van der Waals surface area contributed by atoms with Gasteiger partial charge in [-0.05, 0) is 29.1 Å². The van der Waals surface area contributed by atoms with E-state index in [0.29, 0.717) is 11.3 Å². The van der Waals surface area contributed by atoms with E-state index in [9.17, 15) is 8.42 Å². The zero-order chi connectivity index (χ0) is 14.3. The van der Waals surface area contributed by atoms with Crippen molar-refractivity contribution in [2.24, 2.45) is 5.73 Å². The van der Waals surface area contributed by atoms with Crippen molar-refractivity contribution in [3.05, 3.63) is 46.8 Å². The number of anilines is 1. The lowest BCUT2D eigenvalue weighted by atomic mass is 10.1. The average Bonchev–Trinajstić information content (AvgIpc) is 3.07. The quantitative estimate of drug-likeness (QED) is 0.917. The molecule has 2 N–H and O–H groups in total. The van der Waals surface area contributed by atoms with Crippen LogP contribution in [-0.4, -0.2) is 15.0 Å². The molecular formula is C13H11N3O2S2. The smallest absolute Gasteiger partial charge is 0.273 e. The Balaban J connectivity index is 2.14. The first-order chi connectivity index (χ1) is 9.54. The van der Waals surface area contributed by atoms with Crippen molar-refractivity contribution >= 4 is 27.0 Å². The molecule has 1 atom stereocenters. The summed E-state index contributed by atoms with van der Waals surface area (Å²) in [6, 6.07) is 9.87. The first-order valence-electron chi connectivity index (χ1n) is 5.90. The van der Waals surface area contributed by atoms with E-state index in [0.717, 1.165) is 5.56 Å². The minimum absolute atomic E-state index is 0.199. The summed E-state index contributed by atoms with van der Waals surface area (Å²) in [7, 11) is -3.60. The van der Waals surface area contributed by atoms with Gasteiger partial charge in [-0.25, -0.2) is 8.42 Å². The maximum atomic E-state index is 12.6. The van der Waals surface area contributed by atoms with Crippen molar-refractivity contribution in [3.8, 4) is 6.07 Å². The van der Waals surface area contributed by atoms with Gasteiger partial charge in [0.1, 0.15) is 4.21 Å². The minimum atomic E-state index is -3.60. The molecule has 20 heavy (non-hydrogen) atoms. The first-order valence-corrected chi connectivity index (χ1v) is 8.22. The molecule has 3 rings (SSSR count). The second-order valence-corrected chi connectivity index (χ2v) is 7.50.